The highest BCUT2D eigenvalue weighted by Gasteiger charge is 2.25. The van der Waals surface area contributed by atoms with Crippen molar-refractivity contribution >= 4 is 11.6 Å². The van der Waals surface area contributed by atoms with Crippen LogP contribution in [0.2, 0.25) is 0 Å². The quantitative estimate of drug-likeness (QED) is 0.584. The summed E-state index contributed by atoms with van der Waals surface area (Å²) in [6, 6.07) is 20.0. The summed E-state index contributed by atoms with van der Waals surface area (Å²) < 4.78 is 12.6. The van der Waals surface area contributed by atoms with Crippen LogP contribution in [0.3, 0.4) is 0 Å². The van der Waals surface area contributed by atoms with Gasteiger partial charge in [0.1, 0.15) is 11.5 Å². The highest BCUT2D eigenvalue weighted by molar-refractivity contribution is 5.77. The molecule has 1 fully saturated rings. The van der Waals surface area contributed by atoms with Crippen molar-refractivity contribution < 1.29 is 14.3 Å². The van der Waals surface area contributed by atoms with E-state index in [9.17, 15) is 4.79 Å². The molecule has 4 rings (SSSR count). The first-order chi connectivity index (χ1) is 15.2. The van der Waals surface area contributed by atoms with Crippen molar-refractivity contribution in [3.63, 3.8) is 0 Å². The number of aromatic nitrogens is 1. The van der Waals surface area contributed by atoms with Crippen molar-refractivity contribution in [3.8, 4) is 11.5 Å². The maximum atomic E-state index is 13.2. The molecule has 1 aliphatic rings. The Hall–Kier alpha value is -3.41. The third-order valence-electron chi connectivity index (χ3n) is 5.93. The lowest BCUT2D eigenvalue weighted by atomic mass is 10.0. The minimum Gasteiger partial charge on any atom is -0.497 e. The maximum Gasteiger partial charge on any atom is 0.225 e. The van der Waals surface area contributed by atoms with E-state index >= 15 is 0 Å². The van der Waals surface area contributed by atoms with E-state index in [1.165, 1.54) is 0 Å². The molecule has 31 heavy (non-hydrogen) atoms. The van der Waals surface area contributed by atoms with Crippen LogP contribution in [0.1, 0.15) is 18.0 Å². The number of ether oxygens (including phenoxy) is 2. The molecule has 1 aliphatic heterocycles. The van der Waals surface area contributed by atoms with E-state index in [1.807, 2.05) is 65.8 Å². The van der Waals surface area contributed by atoms with E-state index in [2.05, 4.69) is 21.6 Å². The molecule has 0 radical (unpaired) electrons. The Labute approximate surface area is 183 Å². The van der Waals surface area contributed by atoms with Crippen molar-refractivity contribution in [2.75, 3.05) is 45.3 Å². The fourth-order valence-electron chi connectivity index (χ4n) is 4.08. The second kappa shape index (κ2) is 9.60. The minimum absolute atomic E-state index is 0.0342. The van der Waals surface area contributed by atoms with Crippen molar-refractivity contribution in [3.05, 3.63) is 78.6 Å². The number of amides is 1. The summed E-state index contributed by atoms with van der Waals surface area (Å²) in [4.78, 5) is 17.5. The number of piperazine rings is 1. The van der Waals surface area contributed by atoms with Crippen molar-refractivity contribution in [2.45, 2.75) is 12.5 Å². The molecule has 1 aromatic heterocycles. The first-order valence-electron chi connectivity index (χ1n) is 10.6. The third kappa shape index (κ3) is 4.85. The predicted molar refractivity (Wildman–Crippen MR) is 122 cm³/mol. The van der Waals surface area contributed by atoms with Gasteiger partial charge >= 0.3 is 0 Å². The van der Waals surface area contributed by atoms with E-state index in [-0.39, 0.29) is 11.9 Å². The number of methoxy groups -OCH3 is 2. The van der Waals surface area contributed by atoms with E-state index in [0.29, 0.717) is 6.42 Å². The summed E-state index contributed by atoms with van der Waals surface area (Å²) in [6.07, 6.45) is 4.47. The number of hydrogen-bond donors (Lipinski definition) is 0. The second-order valence-electron chi connectivity index (χ2n) is 7.69. The number of anilines is 1. The fourth-order valence-corrected chi connectivity index (χ4v) is 4.08. The van der Waals surface area contributed by atoms with Gasteiger partial charge in [-0.05, 0) is 54.1 Å². The molecule has 0 aliphatic carbocycles. The van der Waals surface area contributed by atoms with E-state index in [4.69, 9.17) is 9.47 Å². The van der Waals surface area contributed by atoms with Gasteiger partial charge in [0.05, 0.1) is 26.7 Å². The third-order valence-corrected chi connectivity index (χ3v) is 5.93. The van der Waals surface area contributed by atoms with Gasteiger partial charge in [0.25, 0.3) is 0 Å². The molecule has 0 N–H and O–H groups in total. The summed E-state index contributed by atoms with van der Waals surface area (Å²) in [7, 11) is 3.33. The highest BCUT2D eigenvalue weighted by Crippen LogP contribution is 2.26. The Morgan fingerprint density at radius 3 is 1.94 bits per heavy atom. The van der Waals surface area contributed by atoms with Crippen LogP contribution in [0, 0.1) is 0 Å². The highest BCUT2D eigenvalue weighted by atomic mass is 16.5. The lowest BCUT2D eigenvalue weighted by Gasteiger charge is -2.37. The summed E-state index contributed by atoms with van der Waals surface area (Å²) in [5.41, 5.74) is 2.26. The molecule has 0 saturated carbocycles. The van der Waals surface area contributed by atoms with Crippen LogP contribution < -0.4 is 14.4 Å². The minimum atomic E-state index is -0.0342. The molecule has 3 aromatic rings. The lowest BCUT2D eigenvalue weighted by molar-refractivity contribution is -0.132. The number of hydrogen-bond acceptors (Lipinski definition) is 4. The Bertz CT molecular complexity index is 960. The number of benzene rings is 2. The van der Waals surface area contributed by atoms with Crippen LogP contribution >= 0.6 is 0 Å². The van der Waals surface area contributed by atoms with Crippen LogP contribution in [0.25, 0.3) is 0 Å². The molecule has 6 heteroatoms. The predicted octanol–water partition coefficient (Wildman–Crippen LogP) is 3.83. The van der Waals surface area contributed by atoms with Crippen molar-refractivity contribution in [1.29, 1.82) is 0 Å². The molecule has 162 valence electrons. The largest absolute Gasteiger partial charge is 0.497 e. The average molecular weight is 420 g/mol. The normalized spacial score (nSPS) is 14.9. The molecule has 0 bridgehead atoms. The summed E-state index contributed by atoms with van der Waals surface area (Å²) in [6.45, 7) is 3.11. The Kier molecular flexibility index (Phi) is 6.46. The fraction of sp³-hybridized carbons (Fsp3) is 0.320. The Balaban J connectivity index is 1.40. The first kappa shape index (κ1) is 20.8. The van der Waals surface area contributed by atoms with Gasteiger partial charge in [-0.25, -0.2) is 0 Å². The zero-order valence-electron chi connectivity index (χ0n) is 18.1. The van der Waals surface area contributed by atoms with Crippen LogP contribution in [0.15, 0.2) is 73.1 Å². The number of carbonyl (C=O) groups is 1. The maximum absolute atomic E-state index is 13.2. The smallest absolute Gasteiger partial charge is 0.225 e. The zero-order chi connectivity index (χ0) is 21.6. The number of nitrogens with zero attached hydrogens (tertiary/aromatic N) is 3. The molecule has 1 atom stereocenters. The molecule has 2 heterocycles. The van der Waals surface area contributed by atoms with Crippen LogP contribution in [-0.2, 0) is 4.79 Å². The van der Waals surface area contributed by atoms with Gasteiger partial charge in [0.2, 0.25) is 5.91 Å². The van der Waals surface area contributed by atoms with Crippen molar-refractivity contribution in [1.82, 2.24) is 9.47 Å². The van der Waals surface area contributed by atoms with Crippen LogP contribution in [-0.4, -0.2) is 55.8 Å². The van der Waals surface area contributed by atoms with Gasteiger partial charge < -0.3 is 23.8 Å². The topological polar surface area (TPSA) is 46.9 Å². The second-order valence-corrected chi connectivity index (χ2v) is 7.69. The number of carbonyl (C=O) groups excluding carboxylic acids is 1. The Morgan fingerprint density at radius 2 is 1.39 bits per heavy atom. The summed E-state index contributed by atoms with van der Waals surface area (Å²) in [5, 5.41) is 0. The van der Waals surface area contributed by atoms with Gasteiger partial charge in [-0.15, -0.1) is 0 Å². The van der Waals surface area contributed by atoms with E-state index < -0.39 is 0 Å². The van der Waals surface area contributed by atoms with Crippen LogP contribution in [0.4, 0.5) is 5.69 Å². The molecule has 1 saturated heterocycles. The molecule has 1 unspecified atom stereocenters. The molecule has 6 nitrogen and oxygen atoms in total. The number of rotatable bonds is 7. The van der Waals surface area contributed by atoms with Gasteiger partial charge in [0.15, 0.2) is 0 Å². The zero-order valence-corrected chi connectivity index (χ0v) is 18.1. The van der Waals surface area contributed by atoms with Crippen LogP contribution in [0.5, 0.6) is 11.5 Å². The van der Waals surface area contributed by atoms with E-state index in [1.54, 1.807) is 14.2 Å². The molecule has 2 aromatic carbocycles. The summed E-state index contributed by atoms with van der Waals surface area (Å²) >= 11 is 0. The monoisotopic (exact) mass is 419 g/mol. The van der Waals surface area contributed by atoms with Gasteiger partial charge in [-0.1, -0.05) is 12.1 Å². The Morgan fingerprint density at radius 1 is 0.839 bits per heavy atom. The SMILES string of the molecule is COc1ccc(C(CC(=O)N2CCN(c3ccc(OC)cc3)CC2)n2cccc2)cc1. The molecule has 1 amide bonds. The standard InChI is InChI=1S/C25H29N3O3/c1-30-22-9-5-20(6-10-22)24(27-13-3-4-14-27)19-25(29)28-17-15-26(16-18-28)21-7-11-23(31-2)12-8-21/h3-14,24H,15-19H2,1-2H3. The molecular weight excluding hydrogens is 390 g/mol. The lowest BCUT2D eigenvalue weighted by Crippen LogP contribution is -2.49. The van der Waals surface area contributed by atoms with Crippen molar-refractivity contribution in [2.24, 2.45) is 0 Å². The van der Waals surface area contributed by atoms with Gasteiger partial charge in [-0.2, -0.15) is 0 Å². The average Bonchev–Trinajstić information content (AvgIpc) is 3.37. The van der Waals surface area contributed by atoms with Gasteiger partial charge in [-0.3, -0.25) is 4.79 Å². The molecule has 0 spiro atoms. The van der Waals surface area contributed by atoms with Gasteiger partial charge in [0, 0.05) is 44.3 Å². The summed E-state index contributed by atoms with van der Waals surface area (Å²) in [5.74, 6) is 1.85. The van der Waals surface area contributed by atoms with E-state index in [0.717, 1.165) is 48.9 Å². The first-order valence-corrected chi connectivity index (χ1v) is 10.6. The molecular formula is C25H29N3O3.